The fourth-order valence-corrected chi connectivity index (χ4v) is 3.09. The largest absolute Gasteiger partial charge is 0.355 e. The van der Waals surface area contributed by atoms with Gasteiger partial charge in [-0.2, -0.15) is 5.10 Å². The summed E-state index contributed by atoms with van der Waals surface area (Å²) in [5.41, 5.74) is 2.17. The third-order valence-electron chi connectivity index (χ3n) is 4.62. The van der Waals surface area contributed by atoms with Gasteiger partial charge in [0.15, 0.2) is 0 Å². The highest BCUT2D eigenvalue weighted by Gasteiger charge is 2.21. The van der Waals surface area contributed by atoms with Crippen LogP contribution >= 0.6 is 11.6 Å². The molecule has 1 aromatic carbocycles. The highest BCUT2D eigenvalue weighted by atomic mass is 35.5. The van der Waals surface area contributed by atoms with Crippen LogP contribution in [0.25, 0.3) is 0 Å². The van der Waals surface area contributed by atoms with E-state index in [1.165, 1.54) is 0 Å². The predicted molar refractivity (Wildman–Crippen MR) is 122 cm³/mol. The Labute approximate surface area is 187 Å². The van der Waals surface area contributed by atoms with E-state index in [0.717, 1.165) is 11.4 Å². The molecule has 1 atom stereocenters. The highest BCUT2D eigenvalue weighted by Crippen LogP contribution is 2.26. The number of rotatable bonds is 7. The summed E-state index contributed by atoms with van der Waals surface area (Å²) in [5, 5.41) is 12.9. The van der Waals surface area contributed by atoms with E-state index in [2.05, 4.69) is 21.0 Å². The van der Waals surface area contributed by atoms with Crippen molar-refractivity contribution < 1.29 is 14.4 Å². The van der Waals surface area contributed by atoms with E-state index in [4.69, 9.17) is 11.6 Å². The lowest BCUT2D eigenvalue weighted by Crippen LogP contribution is -2.36. The van der Waals surface area contributed by atoms with Gasteiger partial charge in [0.1, 0.15) is 6.04 Å². The molecule has 2 aromatic rings. The number of carbonyl (C=O) groups is 3. The molecular formula is C22H30ClN5O3. The van der Waals surface area contributed by atoms with Gasteiger partial charge >= 0.3 is 0 Å². The Balaban J connectivity index is 1.92. The Kier molecular flexibility index (Phi) is 7.84. The first-order valence-electron chi connectivity index (χ1n) is 10.1. The summed E-state index contributed by atoms with van der Waals surface area (Å²) in [7, 11) is 0. The van der Waals surface area contributed by atoms with Crippen LogP contribution in [0.1, 0.15) is 51.5 Å². The second-order valence-electron chi connectivity index (χ2n) is 8.54. The molecule has 3 amide bonds. The Morgan fingerprint density at radius 3 is 2.35 bits per heavy atom. The third-order valence-corrected chi connectivity index (χ3v) is 4.93. The molecule has 0 aliphatic heterocycles. The minimum Gasteiger partial charge on any atom is -0.355 e. The number of carbonyl (C=O) groups excluding carboxylic acids is 3. The van der Waals surface area contributed by atoms with E-state index in [1.807, 2.05) is 40.7 Å². The van der Waals surface area contributed by atoms with Gasteiger partial charge in [0, 0.05) is 29.8 Å². The second kappa shape index (κ2) is 9.96. The zero-order chi connectivity index (χ0) is 23.3. The van der Waals surface area contributed by atoms with Crippen LogP contribution in [0, 0.1) is 19.3 Å². The molecule has 31 heavy (non-hydrogen) atoms. The number of benzene rings is 1. The van der Waals surface area contributed by atoms with Gasteiger partial charge in [-0.3, -0.25) is 19.1 Å². The number of nitrogens with zero attached hydrogens (tertiary/aromatic N) is 2. The van der Waals surface area contributed by atoms with Crippen molar-refractivity contribution >= 4 is 40.7 Å². The van der Waals surface area contributed by atoms with E-state index >= 15 is 0 Å². The summed E-state index contributed by atoms with van der Waals surface area (Å²) < 4.78 is 1.66. The van der Waals surface area contributed by atoms with E-state index in [0.29, 0.717) is 16.4 Å². The second-order valence-corrected chi connectivity index (χ2v) is 8.94. The molecule has 8 nitrogen and oxygen atoms in total. The molecular weight excluding hydrogens is 418 g/mol. The molecule has 168 valence electrons. The number of halogens is 1. The molecule has 1 aromatic heterocycles. The van der Waals surface area contributed by atoms with Crippen LogP contribution in [-0.4, -0.2) is 34.0 Å². The Hall–Kier alpha value is -2.87. The van der Waals surface area contributed by atoms with Gasteiger partial charge in [-0.1, -0.05) is 32.4 Å². The van der Waals surface area contributed by atoms with Crippen LogP contribution in [-0.2, 0) is 14.4 Å². The van der Waals surface area contributed by atoms with E-state index in [-0.39, 0.29) is 30.7 Å². The highest BCUT2D eigenvalue weighted by molar-refractivity contribution is 6.34. The molecule has 0 saturated heterocycles. The predicted octanol–water partition coefficient (Wildman–Crippen LogP) is 3.84. The molecule has 0 radical (unpaired) electrons. The normalized spacial score (nSPS) is 12.2. The summed E-state index contributed by atoms with van der Waals surface area (Å²) in [6, 6.07) is 6.25. The summed E-state index contributed by atoms with van der Waals surface area (Å²) in [5.74, 6) is -0.613. The minimum atomic E-state index is -0.507. The standard InChI is InChI=1S/C22H30ClN5O3/c1-13-11-14(2)28(27-13)15(3)20(30)26-18-8-7-16(12-17(18)23)25-19(29)9-10-24-21(31)22(4,5)6/h7-8,11-12,15H,9-10H2,1-6H3,(H,24,31)(H,25,29)(H,26,30). The van der Waals surface area contributed by atoms with Crippen molar-refractivity contribution in [3.05, 3.63) is 40.7 Å². The van der Waals surface area contributed by atoms with Crippen molar-refractivity contribution in [3.63, 3.8) is 0 Å². The molecule has 1 heterocycles. The van der Waals surface area contributed by atoms with Crippen molar-refractivity contribution in [3.8, 4) is 0 Å². The Morgan fingerprint density at radius 1 is 1.13 bits per heavy atom. The first kappa shape index (κ1) is 24.4. The van der Waals surface area contributed by atoms with Crippen LogP contribution in [0.4, 0.5) is 11.4 Å². The number of hydrogen-bond donors (Lipinski definition) is 3. The third kappa shape index (κ3) is 6.82. The molecule has 1 unspecified atom stereocenters. The Morgan fingerprint density at radius 2 is 1.81 bits per heavy atom. The lowest BCUT2D eigenvalue weighted by atomic mass is 9.96. The number of aryl methyl sites for hydroxylation is 2. The number of hydrogen-bond acceptors (Lipinski definition) is 4. The van der Waals surface area contributed by atoms with E-state index < -0.39 is 11.5 Å². The van der Waals surface area contributed by atoms with Crippen molar-refractivity contribution in [1.29, 1.82) is 0 Å². The molecule has 2 rings (SSSR count). The first-order chi connectivity index (χ1) is 14.4. The smallest absolute Gasteiger partial charge is 0.248 e. The molecule has 0 saturated carbocycles. The lowest BCUT2D eigenvalue weighted by Gasteiger charge is -2.17. The van der Waals surface area contributed by atoms with Crippen molar-refractivity contribution in [1.82, 2.24) is 15.1 Å². The van der Waals surface area contributed by atoms with Crippen molar-refractivity contribution in [2.24, 2.45) is 5.41 Å². The van der Waals surface area contributed by atoms with Gasteiger partial charge in [0.05, 0.1) is 16.4 Å². The topological polar surface area (TPSA) is 105 Å². The zero-order valence-electron chi connectivity index (χ0n) is 18.8. The summed E-state index contributed by atoms with van der Waals surface area (Å²) >= 11 is 6.29. The molecule has 9 heteroatoms. The average Bonchev–Trinajstić information content (AvgIpc) is 3.00. The van der Waals surface area contributed by atoms with Gasteiger partial charge in [0.2, 0.25) is 17.7 Å². The van der Waals surface area contributed by atoms with Crippen molar-refractivity contribution in [2.45, 2.75) is 54.0 Å². The summed E-state index contributed by atoms with van der Waals surface area (Å²) in [6.45, 7) is 11.2. The van der Waals surface area contributed by atoms with E-state index in [9.17, 15) is 14.4 Å². The number of anilines is 2. The zero-order valence-corrected chi connectivity index (χ0v) is 19.6. The van der Waals surface area contributed by atoms with Gasteiger partial charge in [-0.15, -0.1) is 0 Å². The molecule has 3 N–H and O–H groups in total. The number of nitrogens with one attached hydrogen (secondary N) is 3. The molecule has 0 aliphatic rings. The maximum Gasteiger partial charge on any atom is 0.248 e. The van der Waals surface area contributed by atoms with Crippen LogP contribution in [0.5, 0.6) is 0 Å². The molecule has 0 spiro atoms. The van der Waals surface area contributed by atoms with Crippen LogP contribution in [0.3, 0.4) is 0 Å². The lowest BCUT2D eigenvalue weighted by molar-refractivity contribution is -0.128. The maximum atomic E-state index is 12.6. The monoisotopic (exact) mass is 447 g/mol. The van der Waals surface area contributed by atoms with Crippen LogP contribution in [0.15, 0.2) is 24.3 Å². The fraction of sp³-hybridized carbons (Fsp3) is 0.455. The summed E-state index contributed by atoms with van der Waals surface area (Å²) in [4.78, 5) is 36.5. The molecule has 0 aliphatic carbocycles. The quantitative estimate of drug-likeness (QED) is 0.599. The van der Waals surface area contributed by atoms with Gasteiger partial charge in [-0.25, -0.2) is 0 Å². The Bertz CT molecular complexity index is 978. The average molecular weight is 448 g/mol. The summed E-state index contributed by atoms with van der Waals surface area (Å²) in [6.07, 6.45) is 0.137. The maximum absolute atomic E-state index is 12.6. The van der Waals surface area contributed by atoms with Gasteiger partial charge < -0.3 is 16.0 Å². The van der Waals surface area contributed by atoms with Crippen molar-refractivity contribution in [2.75, 3.05) is 17.2 Å². The number of aromatic nitrogens is 2. The minimum absolute atomic E-state index is 0.113. The first-order valence-corrected chi connectivity index (χ1v) is 10.5. The SMILES string of the molecule is Cc1cc(C)n(C(C)C(=O)Nc2ccc(NC(=O)CCNC(=O)C(C)(C)C)cc2Cl)n1. The molecule has 0 bridgehead atoms. The van der Waals surface area contributed by atoms with Gasteiger partial charge in [-0.05, 0) is 45.0 Å². The number of amides is 3. The molecule has 0 fully saturated rings. The fourth-order valence-electron chi connectivity index (χ4n) is 2.86. The van der Waals surface area contributed by atoms with Crippen LogP contribution in [0.2, 0.25) is 5.02 Å². The van der Waals surface area contributed by atoms with Crippen LogP contribution < -0.4 is 16.0 Å². The van der Waals surface area contributed by atoms with Gasteiger partial charge in [0.25, 0.3) is 0 Å². The van der Waals surface area contributed by atoms with E-state index in [1.54, 1.807) is 29.8 Å².